The van der Waals surface area contributed by atoms with Crippen molar-refractivity contribution < 1.29 is 37.7 Å². The molecule has 1 aliphatic rings. The predicted octanol–water partition coefficient (Wildman–Crippen LogP) is 2.77. The van der Waals surface area contributed by atoms with E-state index in [2.05, 4.69) is 9.97 Å². The van der Waals surface area contributed by atoms with Crippen molar-refractivity contribution >= 4 is 34.6 Å². The van der Waals surface area contributed by atoms with E-state index in [1.54, 1.807) is 32.0 Å². The van der Waals surface area contributed by atoms with Gasteiger partial charge in [0, 0.05) is 12.0 Å². The molecule has 34 heavy (non-hydrogen) atoms. The molecule has 1 aliphatic heterocycles. The van der Waals surface area contributed by atoms with Gasteiger partial charge in [-0.15, -0.1) is 0 Å². The maximum absolute atomic E-state index is 12.4. The molecule has 0 unspecified atom stereocenters. The van der Waals surface area contributed by atoms with Gasteiger partial charge in [0.15, 0.2) is 29.7 Å². The van der Waals surface area contributed by atoms with E-state index in [0.717, 1.165) is 0 Å². The Morgan fingerprint density at radius 1 is 1.06 bits per heavy atom. The molecule has 0 bridgehead atoms. The number of ether oxygens (including phenoxy) is 4. The number of rotatable bonds is 8. The molecule has 11 heteroatoms. The molecule has 0 atom stereocenters. The molecule has 0 spiro atoms. The van der Waals surface area contributed by atoms with Crippen molar-refractivity contribution in [1.29, 1.82) is 0 Å². The summed E-state index contributed by atoms with van der Waals surface area (Å²) in [7, 11) is 0. The number of fused-ring (bicyclic) bond motifs is 2. The van der Waals surface area contributed by atoms with Crippen molar-refractivity contribution in [2.75, 3.05) is 25.6 Å². The van der Waals surface area contributed by atoms with E-state index >= 15 is 0 Å². The number of nitrogens with two attached hydrogens (primary N) is 1. The molecule has 3 heterocycles. The summed E-state index contributed by atoms with van der Waals surface area (Å²) in [6.45, 7) is 4.07. The van der Waals surface area contributed by atoms with E-state index < -0.39 is 11.9 Å². The first kappa shape index (κ1) is 23.0. The Hall–Kier alpha value is -4.15. The number of carbonyl (C=O) groups is 3. The van der Waals surface area contributed by atoms with Gasteiger partial charge >= 0.3 is 11.9 Å². The Morgan fingerprint density at radius 3 is 2.59 bits per heavy atom. The van der Waals surface area contributed by atoms with Gasteiger partial charge in [0.25, 0.3) is 0 Å². The lowest BCUT2D eigenvalue weighted by atomic mass is 10.1. The third kappa shape index (κ3) is 4.77. The molecule has 11 nitrogen and oxygen atoms in total. The second kappa shape index (κ2) is 9.77. The van der Waals surface area contributed by atoms with Crippen LogP contribution in [0.3, 0.4) is 0 Å². The minimum absolute atomic E-state index is 0.00439. The number of nitrogens with zero attached hydrogens (tertiary/aromatic N) is 2. The third-order valence-electron chi connectivity index (χ3n) is 5.06. The van der Waals surface area contributed by atoms with Crippen LogP contribution in [0.1, 0.15) is 52.1 Å². The minimum Gasteiger partial charge on any atom is -0.486 e. The molecule has 0 fully saturated rings. The number of esters is 2. The van der Waals surface area contributed by atoms with Gasteiger partial charge < -0.3 is 29.1 Å². The first-order chi connectivity index (χ1) is 16.4. The lowest BCUT2D eigenvalue weighted by Crippen LogP contribution is -2.16. The zero-order valence-corrected chi connectivity index (χ0v) is 18.7. The molecule has 2 aromatic heterocycles. The Bertz CT molecular complexity index is 1270. The van der Waals surface area contributed by atoms with E-state index in [0.29, 0.717) is 36.0 Å². The topological polar surface area (TPSA) is 153 Å². The van der Waals surface area contributed by atoms with Crippen LogP contribution in [0.15, 0.2) is 22.6 Å². The number of anilines is 1. The standard InChI is InChI=1S/C23H23N3O8/c1-3-30-23(29)19-12(2)34-22-20(19)21(24)25-17(26-22)11-33-18(28)7-5-14(27)13-4-6-15-16(10-13)32-9-8-31-15/h4,6,10H,3,5,7-9,11H2,1-2H3,(H2,24,25,26). The highest BCUT2D eigenvalue weighted by Gasteiger charge is 2.24. The van der Waals surface area contributed by atoms with Gasteiger partial charge in [0.2, 0.25) is 5.71 Å². The lowest BCUT2D eigenvalue weighted by molar-refractivity contribution is -0.145. The second-order valence-electron chi connectivity index (χ2n) is 7.40. The fraction of sp³-hybridized carbons (Fsp3) is 0.348. The summed E-state index contributed by atoms with van der Waals surface area (Å²) in [5, 5.41) is 0.246. The summed E-state index contributed by atoms with van der Waals surface area (Å²) >= 11 is 0. The quantitative estimate of drug-likeness (QED) is 0.383. The minimum atomic E-state index is -0.601. The van der Waals surface area contributed by atoms with Crippen LogP contribution in [0.4, 0.5) is 5.82 Å². The monoisotopic (exact) mass is 469 g/mol. The van der Waals surface area contributed by atoms with Crippen LogP contribution in [-0.4, -0.2) is 47.5 Å². The van der Waals surface area contributed by atoms with Crippen LogP contribution in [0.5, 0.6) is 11.5 Å². The SMILES string of the molecule is CCOC(=O)c1c(C)oc2nc(COC(=O)CCC(=O)c3ccc4c(c3)OCCO4)nc(N)c12. The molecule has 2 N–H and O–H groups in total. The highest BCUT2D eigenvalue weighted by Crippen LogP contribution is 2.31. The van der Waals surface area contributed by atoms with Crippen LogP contribution >= 0.6 is 0 Å². The second-order valence-corrected chi connectivity index (χ2v) is 7.40. The van der Waals surface area contributed by atoms with Crippen LogP contribution in [-0.2, 0) is 20.9 Å². The van der Waals surface area contributed by atoms with Gasteiger partial charge in [-0.25, -0.2) is 9.78 Å². The molecule has 4 rings (SSSR count). The normalized spacial score (nSPS) is 12.4. The average Bonchev–Trinajstić information content (AvgIpc) is 3.17. The number of aryl methyl sites for hydroxylation is 1. The first-order valence-corrected chi connectivity index (χ1v) is 10.7. The van der Waals surface area contributed by atoms with Crippen LogP contribution in [0.2, 0.25) is 0 Å². The highest BCUT2D eigenvalue weighted by molar-refractivity contribution is 6.07. The number of hydrogen-bond donors (Lipinski definition) is 1. The summed E-state index contributed by atoms with van der Waals surface area (Å²) in [5.41, 5.74) is 6.67. The molecular weight excluding hydrogens is 446 g/mol. The molecular formula is C23H23N3O8. The van der Waals surface area contributed by atoms with E-state index in [4.69, 9.17) is 29.1 Å². The molecule has 0 saturated heterocycles. The van der Waals surface area contributed by atoms with Crippen LogP contribution in [0.25, 0.3) is 11.1 Å². The van der Waals surface area contributed by atoms with Crippen molar-refractivity contribution in [1.82, 2.24) is 9.97 Å². The number of aromatic nitrogens is 2. The zero-order chi connectivity index (χ0) is 24.2. The first-order valence-electron chi connectivity index (χ1n) is 10.7. The smallest absolute Gasteiger partial charge is 0.342 e. The molecule has 0 radical (unpaired) electrons. The van der Waals surface area contributed by atoms with E-state index in [1.807, 2.05) is 0 Å². The summed E-state index contributed by atoms with van der Waals surface area (Å²) < 4.78 is 26.6. The molecule has 0 amide bonds. The Balaban J connectivity index is 1.36. The predicted molar refractivity (Wildman–Crippen MR) is 118 cm³/mol. The average molecular weight is 469 g/mol. The fourth-order valence-electron chi connectivity index (χ4n) is 3.49. The zero-order valence-electron chi connectivity index (χ0n) is 18.7. The maximum Gasteiger partial charge on any atom is 0.342 e. The third-order valence-corrected chi connectivity index (χ3v) is 5.06. The summed E-state index contributed by atoms with van der Waals surface area (Å²) in [4.78, 5) is 45.1. The van der Waals surface area contributed by atoms with Gasteiger partial charge in [-0.2, -0.15) is 4.98 Å². The van der Waals surface area contributed by atoms with Gasteiger partial charge in [-0.1, -0.05) is 0 Å². The number of carbonyl (C=O) groups excluding carboxylic acids is 3. The Kier molecular flexibility index (Phi) is 6.62. The van der Waals surface area contributed by atoms with Crippen LogP contribution in [0, 0.1) is 6.92 Å². The van der Waals surface area contributed by atoms with Crippen molar-refractivity contribution in [3.05, 3.63) is 40.9 Å². The van der Waals surface area contributed by atoms with Crippen molar-refractivity contribution in [2.45, 2.75) is 33.3 Å². The lowest BCUT2D eigenvalue weighted by Gasteiger charge is -2.18. The van der Waals surface area contributed by atoms with Crippen molar-refractivity contribution in [3.8, 4) is 11.5 Å². The van der Waals surface area contributed by atoms with E-state index in [9.17, 15) is 14.4 Å². The van der Waals surface area contributed by atoms with Gasteiger partial charge in [0.05, 0.1) is 18.4 Å². The number of benzene rings is 1. The summed E-state index contributed by atoms with van der Waals surface area (Å²) in [6.07, 6.45) is -0.168. The van der Waals surface area contributed by atoms with Crippen molar-refractivity contribution in [3.63, 3.8) is 0 Å². The van der Waals surface area contributed by atoms with Crippen LogP contribution < -0.4 is 15.2 Å². The molecule has 1 aromatic carbocycles. The van der Waals surface area contributed by atoms with E-state index in [-0.39, 0.29) is 60.1 Å². The highest BCUT2D eigenvalue weighted by atomic mass is 16.6. The number of ketones is 1. The number of furan rings is 1. The Labute approximate surface area is 194 Å². The summed E-state index contributed by atoms with van der Waals surface area (Å²) in [6, 6.07) is 4.90. The molecule has 0 saturated carbocycles. The molecule has 3 aromatic rings. The number of nitrogen functional groups attached to an aromatic ring is 1. The molecule has 0 aliphatic carbocycles. The summed E-state index contributed by atoms with van der Waals surface area (Å²) in [5.74, 6) is 0.0654. The maximum atomic E-state index is 12.4. The number of hydrogen-bond acceptors (Lipinski definition) is 11. The fourth-order valence-corrected chi connectivity index (χ4v) is 3.49. The van der Waals surface area contributed by atoms with Gasteiger partial charge in [0.1, 0.15) is 30.4 Å². The van der Waals surface area contributed by atoms with Gasteiger partial charge in [-0.3, -0.25) is 9.59 Å². The Morgan fingerprint density at radius 2 is 1.82 bits per heavy atom. The molecule has 178 valence electrons. The van der Waals surface area contributed by atoms with Crippen molar-refractivity contribution in [2.24, 2.45) is 0 Å². The largest absolute Gasteiger partial charge is 0.486 e. The van der Waals surface area contributed by atoms with E-state index in [1.165, 1.54) is 0 Å². The number of Topliss-reactive ketones (excluding diaryl/α,β-unsaturated/α-hetero) is 1. The van der Waals surface area contributed by atoms with Gasteiger partial charge in [-0.05, 0) is 32.0 Å².